The molecule has 3 heterocycles. The van der Waals surface area contributed by atoms with Gasteiger partial charge in [0.2, 0.25) is 0 Å². The lowest BCUT2D eigenvalue weighted by Gasteiger charge is -2.11. The maximum absolute atomic E-state index is 4.44. The molecule has 8 aromatic rings. The molecule has 0 aliphatic rings. The molecule has 3 aromatic heterocycles. The molecule has 178 valence electrons. The number of nitrogens with zero attached hydrogens (tertiary/aromatic N) is 2. The van der Waals surface area contributed by atoms with Gasteiger partial charge in [-0.2, -0.15) is 0 Å². The van der Waals surface area contributed by atoms with Gasteiger partial charge < -0.3 is 4.57 Å². The first-order valence-corrected chi connectivity index (χ1v) is 13.6. The fourth-order valence-corrected chi connectivity index (χ4v) is 7.00. The lowest BCUT2D eigenvalue weighted by atomic mass is 9.97. The molecule has 0 N–H and O–H groups in total. The Morgan fingerprint density at radius 1 is 0.526 bits per heavy atom. The first kappa shape index (κ1) is 21.4. The Morgan fingerprint density at radius 2 is 1.24 bits per heavy atom. The summed E-state index contributed by atoms with van der Waals surface area (Å²) in [5.41, 5.74) is 8.39. The zero-order valence-electron chi connectivity index (χ0n) is 20.5. The molecule has 0 spiro atoms. The minimum absolute atomic E-state index is 1.12. The number of fused-ring (bicyclic) bond motifs is 6. The van der Waals surface area contributed by atoms with Gasteiger partial charge in [0.05, 0.1) is 17.2 Å². The number of aromatic nitrogens is 2. The molecule has 0 aliphatic heterocycles. The van der Waals surface area contributed by atoms with Crippen LogP contribution in [0.25, 0.3) is 69.9 Å². The van der Waals surface area contributed by atoms with Crippen LogP contribution in [0, 0.1) is 0 Å². The minimum atomic E-state index is 1.12. The van der Waals surface area contributed by atoms with Crippen LogP contribution in [-0.4, -0.2) is 9.55 Å². The van der Waals surface area contributed by atoms with E-state index in [-0.39, 0.29) is 0 Å². The molecule has 3 heteroatoms. The largest absolute Gasteiger partial charge is 0.308 e. The van der Waals surface area contributed by atoms with E-state index in [4.69, 9.17) is 0 Å². The molecule has 0 saturated carbocycles. The van der Waals surface area contributed by atoms with Crippen LogP contribution in [0.5, 0.6) is 0 Å². The van der Waals surface area contributed by atoms with E-state index in [1.807, 2.05) is 23.7 Å². The molecule has 0 radical (unpaired) electrons. The third-order valence-electron chi connectivity index (χ3n) is 7.49. The second-order valence-corrected chi connectivity index (χ2v) is 10.7. The highest BCUT2D eigenvalue weighted by Gasteiger charge is 2.14. The Bertz CT molecular complexity index is 2090. The maximum atomic E-state index is 4.44. The third-order valence-corrected chi connectivity index (χ3v) is 8.71. The Hall–Kier alpha value is -4.73. The van der Waals surface area contributed by atoms with Crippen molar-refractivity contribution in [2.45, 2.75) is 0 Å². The van der Waals surface area contributed by atoms with Crippen molar-refractivity contribution in [3.8, 4) is 27.9 Å². The van der Waals surface area contributed by atoms with Crippen LogP contribution in [0.3, 0.4) is 0 Å². The highest BCUT2D eigenvalue weighted by Crippen LogP contribution is 2.40. The molecule has 5 aromatic carbocycles. The van der Waals surface area contributed by atoms with Gasteiger partial charge >= 0.3 is 0 Å². The highest BCUT2D eigenvalue weighted by atomic mass is 32.1. The van der Waals surface area contributed by atoms with Gasteiger partial charge in [-0.1, -0.05) is 84.9 Å². The van der Waals surface area contributed by atoms with Gasteiger partial charge in [0.25, 0.3) is 0 Å². The Balaban J connectivity index is 1.28. The van der Waals surface area contributed by atoms with Crippen molar-refractivity contribution < 1.29 is 0 Å². The van der Waals surface area contributed by atoms with Crippen LogP contribution in [0.1, 0.15) is 0 Å². The molecular formula is C35H22N2S. The van der Waals surface area contributed by atoms with E-state index in [1.165, 1.54) is 58.7 Å². The van der Waals surface area contributed by atoms with E-state index in [2.05, 4.69) is 131 Å². The molecular weight excluding hydrogens is 480 g/mol. The average molecular weight is 503 g/mol. The summed E-state index contributed by atoms with van der Waals surface area (Å²) in [4.78, 5) is 4.44. The van der Waals surface area contributed by atoms with Crippen LogP contribution in [0.15, 0.2) is 134 Å². The van der Waals surface area contributed by atoms with Gasteiger partial charge in [0, 0.05) is 42.8 Å². The van der Waals surface area contributed by atoms with Crippen molar-refractivity contribution in [1.82, 2.24) is 9.55 Å². The monoisotopic (exact) mass is 502 g/mol. The SMILES string of the molecule is c1cc(-c2cccc(-n3c4ccccc4c4ccncc43)c2)cc(-c2cccc3c2sc2ccccc23)c1. The number of hydrogen-bond donors (Lipinski definition) is 0. The number of rotatable bonds is 3. The molecule has 0 unspecified atom stereocenters. The summed E-state index contributed by atoms with van der Waals surface area (Å²) >= 11 is 1.88. The number of para-hydroxylation sites is 1. The van der Waals surface area contributed by atoms with Crippen molar-refractivity contribution in [3.05, 3.63) is 134 Å². The molecule has 0 amide bonds. The fourth-order valence-electron chi connectivity index (χ4n) is 5.76. The topological polar surface area (TPSA) is 17.8 Å². The molecule has 0 bridgehead atoms. The summed E-state index contributed by atoms with van der Waals surface area (Å²) in [7, 11) is 0. The smallest absolute Gasteiger partial charge is 0.0724 e. The normalized spacial score (nSPS) is 11.7. The number of hydrogen-bond acceptors (Lipinski definition) is 2. The second kappa shape index (κ2) is 8.41. The van der Waals surface area contributed by atoms with Crippen molar-refractivity contribution in [1.29, 1.82) is 0 Å². The summed E-state index contributed by atoms with van der Waals surface area (Å²) in [5.74, 6) is 0. The summed E-state index contributed by atoms with van der Waals surface area (Å²) < 4.78 is 5.00. The predicted molar refractivity (Wildman–Crippen MR) is 162 cm³/mol. The summed E-state index contributed by atoms with van der Waals surface area (Å²) in [6.45, 7) is 0. The van der Waals surface area contributed by atoms with E-state index in [9.17, 15) is 0 Å². The zero-order valence-corrected chi connectivity index (χ0v) is 21.3. The standard InChI is InChI=1S/C35H22N2S/c1-3-16-32-28(12-1)29-18-19-36-22-33(29)37(32)26-11-6-9-24(21-26)23-8-5-10-25(20-23)27-14-7-15-31-30-13-2-4-17-34(30)38-35(27)31/h1-22H. The highest BCUT2D eigenvalue weighted by molar-refractivity contribution is 7.26. The quantitative estimate of drug-likeness (QED) is 0.235. The molecule has 0 aliphatic carbocycles. The van der Waals surface area contributed by atoms with Crippen molar-refractivity contribution in [3.63, 3.8) is 0 Å². The van der Waals surface area contributed by atoms with Gasteiger partial charge in [-0.3, -0.25) is 4.98 Å². The lowest BCUT2D eigenvalue weighted by Crippen LogP contribution is -1.94. The summed E-state index contributed by atoms with van der Waals surface area (Å²) in [5, 5.41) is 5.13. The van der Waals surface area contributed by atoms with Crippen LogP contribution in [0.4, 0.5) is 0 Å². The fraction of sp³-hybridized carbons (Fsp3) is 0. The van der Waals surface area contributed by atoms with Crippen molar-refractivity contribution in [2.24, 2.45) is 0 Å². The Morgan fingerprint density at radius 3 is 2.18 bits per heavy atom. The second-order valence-electron chi connectivity index (χ2n) is 9.66. The third kappa shape index (κ3) is 3.22. The van der Waals surface area contributed by atoms with E-state index in [1.54, 1.807) is 0 Å². The average Bonchev–Trinajstić information content (AvgIpc) is 3.53. The molecule has 2 nitrogen and oxygen atoms in total. The van der Waals surface area contributed by atoms with Gasteiger partial charge in [-0.05, 0) is 58.7 Å². The first-order chi connectivity index (χ1) is 18.8. The predicted octanol–water partition coefficient (Wildman–Crippen LogP) is 9.88. The van der Waals surface area contributed by atoms with E-state index >= 15 is 0 Å². The van der Waals surface area contributed by atoms with E-state index in [0.717, 1.165) is 11.2 Å². The van der Waals surface area contributed by atoms with E-state index in [0.29, 0.717) is 0 Å². The summed E-state index contributed by atoms with van der Waals surface area (Å²) in [6, 6.07) is 43.8. The Kier molecular flexibility index (Phi) is 4.73. The van der Waals surface area contributed by atoms with Gasteiger partial charge in [0.15, 0.2) is 0 Å². The van der Waals surface area contributed by atoms with Crippen molar-refractivity contribution >= 4 is 53.3 Å². The number of pyridine rings is 1. The zero-order chi connectivity index (χ0) is 25.1. The molecule has 8 rings (SSSR count). The molecule has 0 atom stereocenters. The van der Waals surface area contributed by atoms with Crippen LogP contribution in [0.2, 0.25) is 0 Å². The summed E-state index contributed by atoms with van der Waals surface area (Å²) in [6.07, 6.45) is 3.84. The van der Waals surface area contributed by atoms with Gasteiger partial charge in [-0.25, -0.2) is 0 Å². The molecule has 0 saturated heterocycles. The minimum Gasteiger partial charge on any atom is -0.308 e. The van der Waals surface area contributed by atoms with Gasteiger partial charge in [-0.15, -0.1) is 11.3 Å². The Labute approximate surface area is 224 Å². The molecule has 38 heavy (non-hydrogen) atoms. The lowest BCUT2D eigenvalue weighted by molar-refractivity contribution is 1.17. The number of thiophene rings is 1. The van der Waals surface area contributed by atoms with Crippen molar-refractivity contribution in [2.75, 3.05) is 0 Å². The van der Waals surface area contributed by atoms with Crippen LogP contribution >= 0.6 is 11.3 Å². The first-order valence-electron chi connectivity index (χ1n) is 12.8. The van der Waals surface area contributed by atoms with Crippen LogP contribution < -0.4 is 0 Å². The maximum Gasteiger partial charge on any atom is 0.0724 e. The van der Waals surface area contributed by atoms with Crippen LogP contribution in [-0.2, 0) is 0 Å². The number of benzene rings is 5. The molecule has 0 fully saturated rings. The van der Waals surface area contributed by atoms with E-state index < -0.39 is 0 Å². The van der Waals surface area contributed by atoms with Gasteiger partial charge in [0.1, 0.15) is 0 Å².